The Bertz CT molecular complexity index is 525. The van der Waals surface area contributed by atoms with Gasteiger partial charge in [-0.2, -0.15) is 0 Å². The highest BCUT2D eigenvalue weighted by molar-refractivity contribution is 7.91. The Balaban J connectivity index is 2.15. The van der Waals surface area contributed by atoms with E-state index in [0.29, 0.717) is 6.54 Å². The van der Waals surface area contributed by atoms with E-state index in [2.05, 4.69) is 11.8 Å². The van der Waals surface area contributed by atoms with Crippen molar-refractivity contribution in [3.8, 4) is 0 Å². The van der Waals surface area contributed by atoms with Gasteiger partial charge in [-0.05, 0) is 31.0 Å². The zero-order valence-electron chi connectivity index (χ0n) is 11.5. The minimum atomic E-state index is -2.86. The molecule has 2 N–H and O–H groups in total. The number of hydrogen-bond acceptors (Lipinski definition) is 4. The molecule has 1 aliphatic rings. The molecule has 1 aromatic carbocycles. The maximum absolute atomic E-state index is 11.6. The smallest absolute Gasteiger partial charge is 0.154 e. The van der Waals surface area contributed by atoms with E-state index in [1.54, 1.807) is 0 Å². The fourth-order valence-electron chi connectivity index (χ4n) is 2.53. The lowest BCUT2D eigenvalue weighted by Crippen LogP contribution is -2.47. The zero-order valence-corrected chi connectivity index (χ0v) is 12.4. The molecule has 4 nitrogen and oxygen atoms in total. The van der Waals surface area contributed by atoms with E-state index >= 15 is 0 Å². The number of nitrogens with two attached hydrogens (primary N) is 1. The van der Waals surface area contributed by atoms with E-state index in [4.69, 9.17) is 5.73 Å². The van der Waals surface area contributed by atoms with Crippen LogP contribution in [-0.4, -0.2) is 32.5 Å². The molecule has 1 aliphatic heterocycles. The van der Waals surface area contributed by atoms with Crippen molar-refractivity contribution in [1.82, 2.24) is 0 Å². The Hall–Kier alpha value is -1.07. The van der Waals surface area contributed by atoms with Crippen LogP contribution in [0.3, 0.4) is 0 Å². The summed E-state index contributed by atoms with van der Waals surface area (Å²) in [6.07, 6.45) is 0.914. The van der Waals surface area contributed by atoms with Crippen molar-refractivity contribution in [3.05, 3.63) is 29.8 Å². The summed E-state index contributed by atoms with van der Waals surface area (Å²) >= 11 is 0. The molecule has 1 saturated heterocycles. The van der Waals surface area contributed by atoms with Gasteiger partial charge >= 0.3 is 0 Å². The van der Waals surface area contributed by atoms with E-state index in [1.165, 1.54) is 0 Å². The van der Waals surface area contributed by atoms with Crippen LogP contribution in [0.2, 0.25) is 0 Å². The number of benzene rings is 1. The summed E-state index contributed by atoms with van der Waals surface area (Å²) in [5.74, 6) is 0.483. The first-order valence-electron chi connectivity index (χ1n) is 6.75. The summed E-state index contributed by atoms with van der Waals surface area (Å²) < 4.78 is 23.2. The van der Waals surface area contributed by atoms with Gasteiger partial charge in [-0.25, -0.2) is 8.42 Å². The molecule has 0 saturated carbocycles. The van der Waals surface area contributed by atoms with Crippen LogP contribution >= 0.6 is 0 Å². The Morgan fingerprint density at radius 1 is 1.37 bits per heavy atom. The quantitative estimate of drug-likeness (QED) is 0.917. The van der Waals surface area contributed by atoms with Gasteiger partial charge in [0, 0.05) is 24.3 Å². The molecule has 1 aromatic rings. The Morgan fingerprint density at radius 2 is 2.00 bits per heavy atom. The average Bonchev–Trinajstić information content (AvgIpc) is 2.37. The van der Waals surface area contributed by atoms with Crippen molar-refractivity contribution in [2.45, 2.75) is 32.4 Å². The molecule has 0 aromatic heterocycles. The van der Waals surface area contributed by atoms with E-state index in [-0.39, 0.29) is 23.6 Å². The number of anilines is 1. The maximum Gasteiger partial charge on any atom is 0.154 e. The van der Waals surface area contributed by atoms with Gasteiger partial charge in [0.2, 0.25) is 0 Å². The summed E-state index contributed by atoms with van der Waals surface area (Å²) in [5, 5.41) is 0. The fourth-order valence-corrected chi connectivity index (χ4v) is 4.09. The van der Waals surface area contributed by atoms with Crippen LogP contribution in [0.4, 0.5) is 5.69 Å². The lowest BCUT2D eigenvalue weighted by molar-refractivity contribution is 0.568. The van der Waals surface area contributed by atoms with Gasteiger partial charge in [-0.15, -0.1) is 0 Å². The van der Waals surface area contributed by atoms with E-state index in [9.17, 15) is 8.42 Å². The van der Waals surface area contributed by atoms with Gasteiger partial charge < -0.3 is 10.6 Å². The third kappa shape index (κ3) is 3.28. The SMILES string of the molecule is CC[C@@H](N)c1ccc(N2CCS(=O)(=O)CC2C)cc1. The first-order valence-corrected chi connectivity index (χ1v) is 8.57. The molecule has 0 amide bonds. The first kappa shape index (κ1) is 14.3. The highest BCUT2D eigenvalue weighted by atomic mass is 32.2. The standard InChI is InChI=1S/C14H22N2O2S/c1-3-14(15)12-4-6-13(7-5-12)16-8-9-19(17,18)10-11(16)2/h4-7,11,14H,3,8-10,15H2,1-2H3/t11?,14-/m1/s1. The van der Waals surface area contributed by atoms with Crippen molar-refractivity contribution >= 4 is 15.5 Å². The number of hydrogen-bond donors (Lipinski definition) is 1. The van der Waals surface area contributed by atoms with Crippen LogP contribution in [0.15, 0.2) is 24.3 Å². The van der Waals surface area contributed by atoms with Crippen LogP contribution < -0.4 is 10.6 Å². The molecule has 5 heteroatoms. The molecule has 0 aliphatic carbocycles. The second-order valence-corrected chi connectivity index (χ2v) is 7.49. The Morgan fingerprint density at radius 3 is 2.53 bits per heavy atom. The van der Waals surface area contributed by atoms with Crippen molar-refractivity contribution in [1.29, 1.82) is 0 Å². The van der Waals surface area contributed by atoms with Crippen molar-refractivity contribution in [2.24, 2.45) is 5.73 Å². The minimum absolute atomic E-state index is 0.0319. The molecule has 0 radical (unpaired) electrons. The van der Waals surface area contributed by atoms with Crippen LogP contribution in [-0.2, 0) is 9.84 Å². The predicted octanol–water partition coefficient (Wildman–Crippen LogP) is 1.72. The molecule has 1 fully saturated rings. The van der Waals surface area contributed by atoms with Gasteiger partial charge in [0.1, 0.15) is 0 Å². The lowest BCUT2D eigenvalue weighted by atomic mass is 10.0. The third-order valence-corrected chi connectivity index (χ3v) is 5.56. The van der Waals surface area contributed by atoms with Crippen LogP contribution in [0.25, 0.3) is 0 Å². The number of nitrogens with zero attached hydrogens (tertiary/aromatic N) is 1. The molecule has 2 rings (SSSR count). The van der Waals surface area contributed by atoms with Crippen LogP contribution in [0.5, 0.6) is 0 Å². The molecule has 1 heterocycles. The second kappa shape index (κ2) is 5.51. The summed E-state index contributed by atoms with van der Waals surface area (Å²) in [4.78, 5) is 2.16. The average molecular weight is 282 g/mol. The van der Waals surface area contributed by atoms with Gasteiger partial charge in [-0.1, -0.05) is 19.1 Å². The topological polar surface area (TPSA) is 63.4 Å². The molecule has 2 atom stereocenters. The Labute approximate surface area is 115 Å². The maximum atomic E-state index is 11.6. The van der Waals surface area contributed by atoms with Gasteiger partial charge in [0.15, 0.2) is 9.84 Å². The second-order valence-electron chi connectivity index (χ2n) is 5.26. The highest BCUT2D eigenvalue weighted by Crippen LogP contribution is 2.24. The molecule has 19 heavy (non-hydrogen) atoms. The largest absolute Gasteiger partial charge is 0.367 e. The number of sulfone groups is 1. The lowest BCUT2D eigenvalue weighted by Gasteiger charge is -2.35. The van der Waals surface area contributed by atoms with Crippen LogP contribution in [0.1, 0.15) is 31.9 Å². The minimum Gasteiger partial charge on any atom is -0.367 e. The van der Waals surface area contributed by atoms with E-state index < -0.39 is 9.84 Å². The molecule has 1 unspecified atom stereocenters. The van der Waals surface area contributed by atoms with Crippen LogP contribution in [0, 0.1) is 0 Å². The van der Waals surface area contributed by atoms with Gasteiger partial charge in [-0.3, -0.25) is 0 Å². The molecule has 0 spiro atoms. The summed E-state index contributed by atoms with van der Waals surface area (Å²) in [6.45, 7) is 4.60. The first-order chi connectivity index (χ1) is 8.93. The normalized spacial score (nSPS) is 24.2. The van der Waals surface area contributed by atoms with Crippen molar-refractivity contribution in [2.75, 3.05) is 23.0 Å². The fraction of sp³-hybridized carbons (Fsp3) is 0.571. The van der Waals surface area contributed by atoms with E-state index in [1.807, 2.05) is 31.2 Å². The van der Waals surface area contributed by atoms with Crippen molar-refractivity contribution < 1.29 is 8.42 Å². The zero-order chi connectivity index (χ0) is 14.0. The predicted molar refractivity (Wildman–Crippen MR) is 79.1 cm³/mol. The Kier molecular flexibility index (Phi) is 4.16. The van der Waals surface area contributed by atoms with E-state index in [0.717, 1.165) is 17.7 Å². The highest BCUT2D eigenvalue weighted by Gasteiger charge is 2.28. The third-order valence-electron chi connectivity index (χ3n) is 3.76. The summed E-state index contributed by atoms with van der Waals surface area (Å²) in [7, 11) is -2.86. The van der Waals surface area contributed by atoms with Gasteiger partial charge in [0.25, 0.3) is 0 Å². The molecule has 0 bridgehead atoms. The molecular formula is C14H22N2O2S. The summed E-state index contributed by atoms with van der Waals surface area (Å²) in [6, 6.07) is 8.27. The summed E-state index contributed by atoms with van der Waals surface area (Å²) in [5.41, 5.74) is 8.20. The number of rotatable bonds is 3. The van der Waals surface area contributed by atoms with Gasteiger partial charge in [0.05, 0.1) is 11.5 Å². The molecular weight excluding hydrogens is 260 g/mol. The van der Waals surface area contributed by atoms with Crippen molar-refractivity contribution in [3.63, 3.8) is 0 Å². The molecule has 106 valence electrons. The monoisotopic (exact) mass is 282 g/mol.